The molecular weight excluding hydrogens is 268 g/mol. The van der Waals surface area contributed by atoms with E-state index in [1.54, 1.807) is 0 Å². The Morgan fingerprint density at radius 2 is 1.85 bits per heavy atom. The quantitative estimate of drug-likeness (QED) is 0.343. The Labute approximate surface area is 115 Å². The predicted octanol–water partition coefficient (Wildman–Crippen LogP) is -3.05. The molecule has 0 bridgehead atoms. The van der Waals surface area contributed by atoms with Crippen LogP contribution in [0.1, 0.15) is 12.8 Å². The van der Waals surface area contributed by atoms with E-state index < -0.39 is 29.9 Å². The maximum atomic E-state index is 11.7. The monoisotopic (exact) mass is 286 g/mol. The third-order valence-electron chi connectivity index (χ3n) is 2.85. The zero-order chi connectivity index (χ0) is 15.1. The molecule has 2 amide bonds. The number of hydrogen-bond donors (Lipinski definition) is 5. The second-order valence-electron chi connectivity index (χ2n) is 4.46. The molecular formula is C11H18N4O5. The normalized spacial score (nSPS) is 26.6. The van der Waals surface area contributed by atoms with Gasteiger partial charge in [0.25, 0.3) is 0 Å². The van der Waals surface area contributed by atoms with E-state index in [2.05, 4.69) is 16.0 Å². The molecule has 0 aromatic rings. The highest BCUT2D eigenvalue weighted by molar-refractivity contribution is 5.89. The molecule has 1 aliphatic heterocycles. The lowest BCUT2D eigenvalue weighted by Crippen LogP contribution is -2.46. The molecule has 0 spiro atoms. The van der Waals surface area contributed by atoms with Crippen LogP contribution in [0.15, 0.2) is 0 Å². The van der Waals surface area contributed by atoms with E-state index >= 15 is 0 Å². The number of carbonyl (C=O) groups excluding carboxylic acids is 3. The minimum Gasteiger partial charge on any atom is -0.480 e. The zero-order valence-corrected chi connectivity index (χ0v) is 10.8. The van der Waals surface area contributed by atoms with Crippen LogP contribution >= 0.6 is 0 Å². The average Bonchev–Trinajstić information content (AvgIpc) is 2.40. The van der Waals surface area contributed by atoms with Gasteiger partial charge in [-0.2, -0.15) is 0 Å². The number of carboxylic acid groups (broad SMARTS) is 1. The average molecular weight is 286 g/mol. The van der Waals surface area contributed by atoms with Crippen LogP contribution < -0.4 is 21.7 Å². The number of carboxylic acids is 1. The summed E-state index contributed by atoms with van der Waals surface area (Å²) in [5.41, 5.74) is 5.62. The Kier molecular flexibility index (Phi) is 6.07. The third kappa shape index (κ3) is 5.33. The van der Waals surface area contributed by atoms with Gasteiger partial charge < -0.3 is 21.5 Å². The van der Waals surface area contributed by atoms with Crippen LogP contribution in [0.3, 0.4) is 0 Å². The van der Waals surface area contributed by atoms with E-state index in [0.29, 0.717) is 0 Å². The molecule has 1 aliphatic rings. The molecule has 1 heterocycles. The standard InChI is InChI=1S/C11H18N4O5/c12-6-1-2-13-10(18)5-15-9(17)3-7(11(19)20)14-4-8(6)16/h6-7,14H,1-5,12H2,(H,13,18)(H,15,17)(H,19,20). The molecule has 2 unspecified atom stereocenters. The largest absolute Gasteiger partial charge is 0.480 e. The Morgan fingerprint density at radius 3 is 2.50 bits per heavy atom. The molecule has 2 atom stereocenters. The molecule has 1 saturated heterocycles. The van der Waals surface area contributed by atoms with Crippen LogP contribution in [0.5, 0.6) is 0 Å². The van der Waals surface area contributed by atoms with Gasteiger partial charge in [-0.1, -0.05) is 0 Å². The lowest BCUT2D eigenvalue weighted by molar-refractivity contribution is -0.141. The van der Waals surface area contributed by atoms with E-state index in [0.717, 1.165) is 0 Å². The Bertz CT molecular complexity index is 412. The number of carbonyl (C=O) groups is 4. The molecule has 1 fully saturated rings. The number of hydrogen-bond acceptors (Lipinski definition) is 6. The SMILES string of the molecule is NC1CCNC(=O)CNC(=O)CC(C(=O)O)NCC1=O. The van der Waals surface area contributed by atoms with Crippen molar-refractivity contribution in [1.82, 2.24) is 16.0 Å². The molecule has 6 N–H and O–H groups in total. The van der Waals surface area contributed by atoms with E-state index in [4.69, 9.17) is 10.8 Å². The molecule has 9 nitrogen and oxygen atoms in total. The molecule has 0 aromatic heterocycles. The number of amides is 2. The number of rotatable bonds is 1. The number of nitrogens with one attached hydrogen (secondary N) is 3. The van der Waals surface area contributed by atoms with Gasteiger partial charge in [0.1, 0.15) is 6.04 Å². The summed E-state index contributed by atoms with van der Waals surface area (Å²) in [4.78, 5) is 45.5. The van der Waals surface area contributed by atoms with Gasteiger partial charge in [0.2, 0.25) is 11.8 Å². The first-order valence-electron chi connectivity index (χ1n) is 6.18. The van der Waals surface area contributed by atoms with Crippen LogP contribution in [0.2, 0.25) is 0 Å². The van der Waals surface area contributed by atoms with Crippen molar-refractivity contribution in [3.63, 3.8) is 0 Å². The number of ketones is 1. The number of Topliss-reactive ketones (excluding diaryl/α,β-unsaturated/α-hetero) is 1. The summed E-state index contributed by atoms with van der Waals surface area (Å²) in [6.07, 6.45) is -0.122. The zero-order valence-electron chi connectivity index (χ0n) is 10.8. The Morgan fingerprint density at radius 1 is 1.15 bits per heavy atom. The van der Waals surface area contributed by atoms with Crippen molar-refractivity contribution in [2.75, 3.05) is 19.6 Å². The molecule has 20 heavy (non-hydrogen) atoms. The van der Waals surface area contributed by atoms with Crippen LogP contribution in [0.4, 0.5) is 0 Å². The van der Waals surface area contributed by atoms with Crippen molar-refractivity contribution >= 4 is 23.6 Å². The van der Waals surface area contributed by atoms with Crippen molar-refractivity contribution in [3.05, 3.63) is 0 Å². The fraction of sp³-hybridized carbons (Fsp3) is 0.636. The van der Waals surface area contributed by atoms with Crippen molar-refractivity contribution in [3.8, 4) is 0 Å². The van der Waals surface area contributed by atoms with E-state index in [1.807, 2.05) is 0 Å². The molecule has 0 aliphatic carbocycles. The summed E-state index contributed by atoms with van der Waals surface area (Å²) in [5.74, 6) is -2.63. The van der Waals surface area contributed by atoms with Gasteiger partial charge in [-0.05, 0) is 6.42 Å². The lowest BCUT2D eigenvalue weighted by Gasteiger charge is -2.15. The van der Waals surface area contributed by atoms with E-state index in [9.17, 15) is 19.2 Å². The van der Waals surface area contributed by atoms with E-state index in [-0.39, 0.29) is 38.3 Å². The Hall–Kier alpha value is -2.00. The first kappa shape index (κ1) is 16.1. The molecule has 0 aromatic carbocycles. The summed E-state index contributed by atoms with van der Waals surface area (Å²) >= 11 is 0. The first-order chi connectivity index (χ1) is 9.40. The predicted molar refractivity (Wildman–Crippen MR) is 67.7 cm³/mol. The summed E-state index contributed by atoms with van der Waals surface area (Å²) in [7, 11) is 0. The molecule has 0 radical (unpaired) electrons. The summed E-state index contributed by atoms with van der Waals surface area (Å²) in [5, 5.41) is 16.3. The second kappa shape index (κ2) is 7.56. The van der Waals surface area contributed by atoms with Crippen LogP contribution in [0.25, 0.3) is 0 Å². The highest BCUT2D eigenvalue weighted by atomic mass is 16.4. The topological polar surface area (TPSA) is 151 Å². The van der Waals surface area contributed by atoms with Crippen LogP contribution in [-0.2, 0) is 19.2 Å². The van der Waals surface area contributed by atoms with Gasteiger partial charge in [-0.3, -0.25) is 24.5 Å². The first-order valence-corrected chi connectivity index (χ1v) is 6.18. The number of nitrogens with two attached hydrogens (primary N) is 1. The summed E-state index contributed by atoms with van der Waals surface area (Å²) in [6, 6.07) is -1.99. The van der Waals surface area contributed by atoms with Gasteiger partial charge in [0.15, 0.2) is 5.78 Å². The van der Waals surface area contributed by atoms with Gasteiger partial charge in [0.05, 0.1) is 25.6 Å². The van der Waals surface area contributed by atoms with Gasteiger partial charge >= 0.3 is 5.97 Å². The molecule has 1 rings (SSSR count). The molecule has 0 saturated carbocycles. The summed E-state index contributed by atoms with van der Waals surface area (Å²) in [6.45, 7) is -0.266. The van der Waals surface area contributed by atoms with Crippen molar-refractivity contribution in [2.24, 2.45) is 5.73 Å². The van der Waals surface area contributed by atoms with Gasteiger partial charge in [0, 0.05) is 6.54 Å². The van der Waals surface area contributed by atoms with Gasteiger partial charge in [-0.15, -0.1) is 0 Å². The highest BCUT2D eigenvalue weighted by Gasteiger charge is 2.23. The van der Waals surface area contributed by atoms with E-state index in [1.165, 1.54) is 0 Å². The van der Waals surface area contributed by atoms with Crippen LogP contribution in [0, 0.1) is 0 Å². The molecule has 112 valence electrons. The minimum atomic E-state index is -1.25. The van der Waals surface area contributed by atoms with Crippen LogP contribution in [-0.4, -0.2) is 60.4 Å². The van der Waals surface area contributed by atoms with Crippen molar-refractivity contribution in [2.45, 2.75) is 24.9 Å². The maximum Gasteiger partial charge on any atom is 0.321 e. The Balaban J connectivity index is 2.73. The smallest absolute Gasteiger partial charge is 0.321 e. The molecule has 9 heteroatoms. The lowest BCUT2D eigenvalue weighted by atomic mass is 10.1. The van der Waals surface area contributed by atoms with Crippen molar-refractivity contribution in [1.29, 1.82) is 0 Å². The third-order valence-corrected chi connectivity index (χ3v) is 2.85. The fourth-order valence-corrected chi connectivity index (χ4v) is 1.63. The van der Waals surface area contributed by atoms with Gasteiger partial charge in [-0.25, -0.2) is 0 Å². The summed E-state index contributed by atoms with van der Waals surface area (Å²) < 4.78 is 0. The van der Waals surface area contributed by atoms with Crippen molar-refractivity contribution < 1.29 is 24.3 Å². The fourth-order valence-electron chi connectivity index (χ4n) is 1.63. The second-order valence-corrected chi connectivity index (χ2v) is 4.46. The minimum absolute atomic E-state index is 0.212. The number of aliphatic carboxylic acids is 1. The maximum absolute atomic E-state index is 11.7. The highest BCUT2D eigenvalue weighted by Crippen LogP contribution is 1.96.